The summed E-state index contributed by atoms with van der Waals surface area (Å²) >= 11 is 0. The van der Waals surface area contributed by atoms with Crippen LogP contribution in [0.5, 0.6) is 0 Å². The van der Waals surface area contributed by atoms with Crippen LogP contribution >= 0.6 is 0 Å². The largest absolute Gasteiger partial charge is 0.354 e. The topological polar surface area (TPSA) is 58.2 Å². The number of amides is 2. The minimum atomic E-state index is -0.532. The van der Waals surface area contributed by atoms with Crippen molar-refractivity contribution in [3.63, 3.8) is 0 Å². The Morgan fingerprint density at radius 3 is 2.23 bits per heavy atom. The van der Waals surface area contributed by atoms with Gasteiger partial charge in [0, 0.05) is 19.0 Å². The van der Waals surface area contributed by atoms with Crippen LogP contribution in [0.3, 0.4) is 0 Å². The first kappa shape index (κ1) is 16.5. The molecule has 5 heteroatoms. The molecule has 0 unspecified atom stereocenters. The first-order valence-electron chi connectivity index (χ1n) is 7.78. The highest BCUT2D eigenvalue weighted by Gasteiger charge is 2.45. The number of hydrogen-bond acceptors (Lipinski definition) is 2. The van der Waals surface area contributed by atoms with Crippen LogP contribution in [0.4, 0.5) is 4.39 Å². The SMILES string of the molecule is CC(C)C(=O)NCCNC(=O)C1(c2ccc(F)cc2)CCC1. The van der Waals surface area contributed by atoms with Crippen molar-refractivity contribution in [1.82, 2.24) is 10.6 Å². The molecule has 0 bridgehead atoms. The predicted molar refractivity (Wildman–Crippen MR) is 82.8 cm³/mol. The van der Waals surface area contributed by atoms with Crippen LogP contribution in [0, 0.1) is 11.7 Å². The average Bonchev–Trinajstić information content (AvgIpc) is 2.44. The van der Waals surface area contributed by atoms with Gasteiger partial charge < -0.3 is 10.6 Å². The first-order chi connectivity index (χ1) is 10.5. The van der Waals surface area contributed by atoms with Gasteiger partial charge >= 0.3 is 0 Å². The van der Waals surface area contributed by atoms with Crippen LogP contribution in [0.1, 0.15) is 38.7 Å². The molecule has 1 saturated carbocycles. The second kappa shape index (κ2) is 6.90. The van der Waals surface area contributed by atoms with Gasteiger partial charge in [-0.15, -0.1) is 0 Å². The fraction of sp³-hybridized carbons (Fsp3) is 0.529. The molecule has 120 valence electrons. The summed E-state index contributed by atoms with van der Waals surface area (Å²) in [6.45, 7) is 4.47. The van der Waals surface area contributed by atoms with E-state index < -0.39 is 5.41 Å². The van der Waals surface area contributed by atoms with Gasteiger partial charge in [-0.3, -0.25) is 9.59 Å². The van der Waals surface area contributed by atoms with Gasteiger partial charge in [-0.05, 0) is 30.5 Å². The van der Waals surface area contributed by atoms with Crippen molar-refractivity contribution < 1.29 is 14.0 Å². The van der Waals surface area contributed by atoms with E-state index in [1.165, 1.54) is 12.1 Å². The highest BCUT2D eigenvalue weighted by molar-refractivity contribution is 5.89. The number of rotatable bonds is 6. The summed E-state index contributed by atoms with van der Waals surface area (Å²) in [5.74, 6) is -0.418. The number of nitrogens with one attached hydrogen (secondary N) is 2. The Hall–Kier alpha value is -1.91. The van der Waals surface area contributed by atoms with Gasteiger partial charge in [0.2, 0.25) is 11.8 Å². The molecule has 1 aliphatic carbocycles. The van der Waals surface area contributed by atoms with Crippen LogP contribution in [0.2, 0.25) is 0 Å². The number of halogens is 1. The lowest BCUT2D eigenvalue weighted by Crippen LogP contribution is -2.50. The Bertz CT molecular complexity index is 536. The van der Waals surface area contributed by atoms with Crippen LogP contribution in [-0.4, -0.2) is 24.9 Å². The summed E-state index contributed by atoms with van der Waals surface area (Å²) in [6.07, 6.45) is 2.56. The smallest absolute Gasteiger partial charge is 0.230 e. The molecule has 2 rings (SSSR count). The summed E-state index contributed by atoms with van der Waals surface area (Å²) in [4.78, 5) is 23.9. The van der Waals surface area contributed by atoms with E-state index in [1.807, 2.05) is 13.8 Å². The Morgan fingerprint density at radius 1 is 1.14 bits per heavy atom. The second-order valence-corrected chi connectivity index (χ2v) is 6.14. The molecule has 1 aliphatic rings. The molecule has 1 aromatic rings. The molecule has 0 radical (unpaired) electrons. The summed E-state index contributed by atoms with van der Waals surface area (Å²) in [5.41, 5.74) is 0.333. The van der Waals surface area contributed by atoms with E-state index in [-0.39, 0.29) is 23.5 Å². The third-order valence-electron chi connectivity index (χ3n) is 4.27. The zero-order chi connectivity index (χ0) is 16.2. The molecule has 0 heterocycles. The lowest BCUT2D eigenvalue weighted by Gasteiger charge is -2.40. The van der Waals surface area contributed by atoms with E-state index in [1.54, 1.807) is 12.1 Å². The van der Waals surface area contributed by atoms with Crippen molar-refractivity contribution in [2.75, 3.05) is 13.1 Å². The molecule has 22 heavy (non-hydrogen) atoms. The molecule has 1 fully saturated rings. The molecule has 0 aromatic heterocycles. The monoisotopic (exact) mass is 306 g/mol. The van der Waals surface area contributed by atoms with Crippen molar-refractivity contribution in [2.45, 2.75) is 38.5 Å². The lowest BCUT2D eigenvalue weighted by atomic mass is 9.64. The summed E-state index contributed by atoms with van der Waals surface area (Å²) in [5, 5.41) is 5.65. The second-order valence-electron chi connectivity index (χ2n) is 6.14. The van der Waals surface area contributed by atoms with Gasteiger partial charge in [-0.25, -0.2) is 4.39 Å². The highest BCUT2D eigenvalue weighted by Crippen LogP contribution is 2.43. The maximum Gasteiger partial charge on any atom is 0.230 e. The van der Waals surface area contributed by atoms with Crippen molar-refractivity contribution in [1.29, 1.82) is 0 Å². The molecular weight excluding hydrogens is 283 g/mol. The van der Waals surface area contributed by atoms with Gasteiger partial charge in [-0.2, -0.15) is 0 Å². The van der Waals surface area contributed by atoms with Gasteiger partial charge in [0.1, 0.15) is 5.82 Å². The lowest BCUT2D eigenvalue weighted by molar-refractivity contribution is -0.130. The zero-order valence-corrected chi connectivity index (χ0v) is 13.1. The van der Waals surface area contributed by atoms with Gasteiger partial charge in [-0.1, -0.05) is 32.4 Å². The number of carbonyl (C=O) groups is 2. The Balaban J connectivity index is 1.90. The molecule has 0 aliphatic heterocycles. The van der Waals surface area contributed by atoms with E-state index >= 15 is 0 Å². The maximum atomic E-state index is 13.0. The number of benzene rings is 1. The Morgan fingerprint density at radius 2 is 1.73 bits per heavy atom. The summed E-state index contributed by atoms with van der Waals surface area (Å²) in [7, 11) is 0. The van der Waals surface area contributed by atoms with E-state index in [0.29, 0.717) is 13.1 Å². The minimum absolute atomic E-state index is 0.0221. The first-order valence-corrected chi connectivity index (χ1v) is 7.78. The van der Waals surface area contributed by atoms with Crippen molar-refractivity contribution in [3.05, 3.63) is 35.6 Å². The standard InChI is InChI=1S/C17H23FN2O2/c1-12(2)15(21)19-10-11-20-16(22)17(8-3-9-17)13-4-6-14(18)7-5-13/h4-7,12H,3,8-11H2,1-2H3,(H,19,21)(H,20,22). The van der Waals surface area contributed by atoms with Crippen molar-refractivity contribution in [2.24, 2.45) is 5.92 Å². The number of hydrogen-bond donors (Lipinski definition) is 2. The maximum absolute atomic E-state index is 13.0. The molecule has 0 spiro atoms. The predicted octanol–water partition coefficient (Wildman–Crippen LogP) is 2.14. The van der Waals surface area contributed by atoms with Gasteiger partial charge in [0.15, 0.2) is 0 Å². The van der Waals surface area contributed by atoms with Crippen LogP contribution in [-0.2, 0) is 15.0 Å². The van der Waals surface area contributed by atoms with Crippen molar-refractivity contribution >= 4 is 11.8 Å². The third kappa shape index (κ3) is 3.46. The van der Waals surface area contributed by atoms with Crippen LogP contribution in [0.15, 0.2) is 24.3 Å². The van der Waals surface area contributed by atoms with E-state index in [0.717, 1.165) is 24.8 Å². The molecular formula is C17H23FN2O2. The van der Waals surface area contributed by atoms with Crippen molar-refractivity contribution in [3.8, 4) is 0 Å². The Labute approximate surface area is 130 Å². The molecule has 0 atom stereocenters. The van der Waals surface area contributed by atoms with E-state index in [2.05, 4.69) is 10.6 Å². The summed E-state index contributed by atoms with van der Waals surface area (Å²) < 4.78 is 13.0. The van der Waals surface area contributed by atoms with Crippen LogP contribution < -0.4 is 10.6 Å². The molecule has 0 saturated heterocycles. The minimum Gasteiger partial charge on any atom is -0.354 e. The Kier molecular flexibility index (Phi) is 5.16. The molecule has 4 nitrogen and oxygen atoms in total. The molecule has 2 N–H and O–H groups in total. The highest BCUT2D eigenvalue weighted by atomic mass is 19.1. The normalized spacial score (nSPS) is 16.0. The molecule has 2 amide bonds. The average molecular weight is 306 g/mol. The quantitative estimate of drug-likeness (QED) is 0.791. The van der Waals surface area contributed by atoms with Crippen LogP contribution in [0.25, 0.3) is 0 Å². The number of carbonyl (C=O) groups excluding carboxylic acids is 2. The fourth-order valence-corrected chi connectivity index (χ4v) is 2.68. The van der Waals surface area contributed by atoms with Gasteiger partial charge in [0.25, 0.3) is 0 Å². The third-order valence-corrected chi connectivity index (χ3v) is 4.27. The molecule has 1 aromatic carbocycles. The zero-order valence-electron chi connectivity index (χ0n) is 13.1. The fourth-order valence-electron chi connectivity index (χ4n) is 2.68. The van der Waals surface area contributed by atoms with Gasteiger partial charge in [0.05, 0.1) is 5.41 Å². The van der Waals surface area contributed by atoms with E-state index in [9.17, 15) is 14.0 Å². The van der Waals surface area contributed by atoms with E-state index in [4.69, 9.17) is 0 Å². The summed E-state index contributed by atoms with van der Waals surface area (Å²) in [6, 6.07) is 6.17.